The molecule has 2 heterocycles. The number of amides is 1. The summed E-state index contributed by atoms with van der Waals surface area (Å²) in [4.78, 5) is 13.1. The molecule has 0 aliphatic heterocycles. The van der Waals surface area contributed by atoms with Crippen molar-refractivity contribution in [2.45, 2.75) is 33.9 Å². The number of hydrogen-bond acceptors (Lipinski definition) is 4. The normalized spacial score (nSPS) is 10.9. The van der Waals surface area contributed by atoms with Gasteiger partial charge in [0.1, 0.15) is 12.4 Å². The van der Waals surface area contributed by atoms with Crippen LogP contribution in [0.5, 0.6) is 5.75 Å². The smallest absolute Gasteiger partial charge is 0.261 e. The van der Waals surface area contributed by atoms with E-state index in [9.17, 15) is 4.79 Å². The van der Waals surface area contributed by atoms with Crippen LogP contribution in [0, 0.1) is 20.8 Å². The Labute approximate surface area is 167 Å². The third-order valence-corrected chi connectivity index (χ3v) is 5.71. The zero-order chi connectivity index (χ0) is 19.6. The minimum Gasteiger partial charge on any atom is -0.489 e. The number of hydrogen-bond donors (Lipinski definition) is 1. The summed E-state index contributed by atoms with van der Waals surface area (Å²) < 4.78 is 7.67. The number of rotatable bonds is 6. The third-order valence-electron chi connectivity index (χ3n) is 4.49. The Kier molecular flexibility index (Phi) is 5.87. The average molecular weight is 404 g/mol. The number of aryl methyl sites for hydroxylation is 3. The summed E-state index contributed by atoms with van der Waals surface area (Å²) in [5.74, 6) is 0.704. The number of benzene rings is 1. The summed E-state index contributed by atoms with van der Waals surface area (Å²) in [5.41, 5.74) is 5.01. The van der Waals surface area contributed by atoms with Crippen LogP contribution in [0.1, 0.15) is 37.7 Å². The Bertz CT molecular complexity index is 978. The van der Waals surface area contributed by atoms with Crippen LogP contribution in [0.15, 0.2) is 29.6 Å². The number of carbonyl (C=O) groups excluding carboxylic acids is 1. The molecule has 0 saturated heterocycles. The molecule has 0 aliphatic carbocycles. The summed E-state index contributed by atoms with van der Waals surface area (Å²) in [6, 6.07) is 7.40. The van der Waals surface area contributed by atoms with E-state index in [2.05, 4.69) is 10.4 Å². The van der Waals surface area contributed by atoms with Crippen LogP contribution in [-0.2, 0) is 20.2 Å². The Balaban J connectivity index is 1.58. The number of nitrogens with one attached hydrogen (secondary N) is 1. The largest absolute Gasteiger partial charge is 0.489 e. The monoisotopic (exact) mass is 403 g/mol. The second-order valence-corrected chi connectivity index (χ2v) is 7.82. The molecule has 3 rings (SSSR count). The van der Waals surface area contributed by atoms with Gasteiger partial charge in [0.15, 0.2) is 0 Å². The molecule has 0 bridgehead atoms. The highest BCUT2D eigenvalue weighted by atomic mass is 35.5. The van der Waals surface area contributed by atoms with Gasteiger partial charge in [0, 0.05) is 35.4 Å². The maximum absolute atomic E-state index is 12.4. The van der Waals surface area contributed by atoms with Crippen molar-refractivity contribution in [3.8, 4) is 5.75 Å². The molecule has 0 spiro atoms. The fraction of sp³-hybridized carbons (Fsp3) is 0.300. The van der Waals surface area contributed by atoms with E-state index in [1.54, 1.807) is 6.07 Å². The molecule has 5 nitrogen and oxygen atoms in total. The topological polar surface area (TPSA) is 56.1 Å². The third kappa shape index (κ3) is 4.51. The molecule has 3 aromatic rings. The number of carbonyl (C=O) groups is 1. The fourth-order valence-corrected chi connectivity index (χ4v) is 3.87. The molecule has 7 heteroatoms. The first kappa shape index (κ1) is 19.5. The van der Waals surface area contributed by atoms with Crippen molar-refractivity contribution in [2.75, 3.05) is 0 Å². The van der Waals surface area contributed by atoms with E-state index in [1.165, 1.54) is 11.3 Å². The first-order valence-corrected chi connectivity index (χ1v) is 9.84. The van der Waals surface area contributed by atoms with Crippen molar-refractivity contribution in [1.82, 2.24) is 15.1 Å². The van der Waals surface area contributed by atoms with Crippen LogP contribution in [0.3, 0.4) is 0 Å². The number of thiophene rings is 1. The molecule has 142 valence electrons. The van der Waals surface area contributed by atoms with Gasteiger partial charge in [-0.2, -0.15) is 5.10 Å². The van der Waals surface area contributed by atoms with Crippen molar-refractivity contribution in [2.24, 2.45) is 7.05 Å². The molecule has 0 saturated carbocycles. The van der Waals surface area contributed by atoms with E-state index in [4.69, 9.17) is 16.3 Å². The molecule has 1 amide bonds. The van der Waals surface area contributed by atoms with E-state index in [0.717, 1.165) is 33.8 Å². The Morgan fingerprint density at radius 1 is 1.30 bits per heavy atom. The van der Waals surface area contributed by atoms with Gasteiger partial charge in [0.25, 0.3) is 5.91 Å². The minimum absolute atomic E-state index is 0.0865. The van der Waals surface area contributed by atoms with E-state index >= 15 is 0 Å². The van der Waals surface area contributed by atoms with Gasteiger partial charge in [-0.25, -0.2) is 0 Å². The summed E-state index contributed by atoms with van der Waals surface area (Å²) in [6.07, 6.45) is 0. The molecule has 0 aliphatic rings. The maximum Gasteiger partial charge on any atom is 0.261 e. The van der Waals surface area contributed by atoms with Gasteiger partial charge in [0.05, 0.1) is 10.6 Å². The van der Waals surface area contributed by atoms with Crippen molar-refractivity contribution < 1.29 is 9.53 Å². The number of halogens is 1. The molecule has 2 aromatic heterocycles. The second-order valence-electron chi connectivity index (χ2n) is 6.47. The molecular weight excluding hydrogens is 382 g/mol. The Hall–Kier alpha value is -2.31. The molecule has 0 radical (unpaired) electrons. The number of ether oxygens (including phenoxy) is 1. The van der Waals surface area contributed by atoms with Crippen LogP contribution >= 0.6 is 22.9 Å². The lowest BCUT2D eigenvalue weighted by atomic mass is 10.2. The maximum atomic E-state index is 12.4. The SMILES string of the molecule is Cc1cc(Cl)ccc1OCc1csc(C(=O)NCc2c(C)nn(C)c2C)c1. The standard InChI is InChI=1S/C20H22ClN3O2S/c1-12-7-16(21)5-6-18(12)26-10-15-8-19(27-11-15)20(25)22-9-17-13(2)23-24(4)14(17)3/h5-8,11H,9-10H2,1-4H3,(H,22,25). The van der Waals surface area contributed by atoms with Gasteiger partial charge in [-0.1, -0.05) is 11.6 Å². The predicted molar refractivity (Wildman–Crippen MR) is 109 cm³/mol. The van der Waals surface area contributed by atoms with Crippen molar-refractivity contribution in [3.63, 3.8) is 0 Å². The zero-order valence-corrected chi connectivity index (χ0v) is 17.4. The first-order chi connectivity index (χ1) is 12.8. The molecular formula is C20H22ClN3O2S. The molecule has 0 unspecified atom stereocenters. The number of nitrogens with zero attached hydrogens (tertiary/aromatic N) is 2. The van der Waals surface area contributed by atoms with E-state index < -0.39 is 0 Å². The van der Waals surface area contributed by atoms with Gasteiger partial charge in [0.2, 0.25) is 0 Å². The minimum atomic E-state index is -0.0865. The summed E-state index contributed by atoms with van der Waals surface area (Å²) in [5, 5.41) is 9.98. The molecule has 27 heavy (non-hydrogen) atoms. The van der Waals surface area contributed by atoms with Crippen molar-refractivity contribution in [1.29, 1.82) is 0 Å². The van der Waals surface area contributed by atoms with E-state index in [0.29, 0.717) is 23.1 Å². The molecule has 0 atom stereocenters. The highest BCUT2D eigenvalue weighted by Gasteiger charge is 2.13. The van der Waals surface area contributed by atoms with Crippen LogP contribution < -0.4 is 10.1 Å². The lowest BCUT2D eigenvalue weighted by molar-refractivity contribution is 0.0955. The molecule has 1 N–H and O–H groups in total. The molecule has 1 aromatic carbocycles. The highest BCUT2D eigenvalue weighted by molar-refractivity contribution is 7.12. The van der Waals surface area contributed by atoms with Gasteiger partial charge in [-0.05, 0) is 56.0 Å². The first-order valence-electron chi connectivity index (χ1n) is 8.58. The van der Waals surface area contributed by atoms with Gasteiger partial charge in [-0.3, -0.25) is 9.48 Å². The van der Waals surface area contributed by atoms with Crippen LogP contribution in [-0.4, -0.2) is 15.7 Å². The molecule has 0 fully saturated rings. The number of aromatic nitrogens is 2. The van der Waals surface area contributed by atoms with Gasteiger partial charge in [-0.15, -0.1) is 11.3 Å². The predicted octanol–water partition coefficient (Wildman–Crippen LogP) is 4.57. The van der Waals surface area contributed by atoms with Crippen LogP contribution in [0.2, 0.25) is 5.02 Å². The fourth-order valence-electron chi connectivity index (χ4n) is 2.84. The summed E-state index contributed by atoms with van der Waals surface area (Å²) >= 11 is 7.38. The van der Waals surface area contributed by atoms with Gasteiger partial charge < -0.3 is 10.1 Å². The average Bonchev–Trinajstić information content (AvgIpc) is 3.18. The van der Waals surface area contributed by atoms with E-state index in [-0.39, 0.29) is 5.91 Å². The van der Waals surface area contributed by atoms with Gasteiger partial charge >= 0.3 is 0 Å². The van der Waals surface area contributed by atoms with Crippen LogP contribution in [0.25, 0.3) is 0 Å². The lowest BCUT2D eigenvalue weighted by Crippen LogP contribution is -2.22. The summed E-state index contributed by atoms with van der Waals surface area (Å²) in [7, 11) is 1.90. The van der Waals surface area contributed by atoms with Crippen molar-refractivity contribution in [3.05, 3.63) is 67.6 Å². The Morgan fingerprint density at radius 2 is 2.07 bits per heavy atom. The quantitative estimate of drug-likeness (QED) is 0.655. The Morgan fingerprint density at radius 3 is 2.74 bits per heavy atom. The van der Waals surface area contributed by atoms with E-state index in [1.807, 2.05) is 56.1 Å². The highest BCUT2D eigenvalue weighted by Crippen LogP contribution is 2.24. The van der Waals surface area contributed by atoms with Crippen molar-refractivity contribution >= 4 is 28.8 Å². The van der Waals surface area contributed by atoms with Crippen LogP contribution in [0.4, 0.5) is 0 Å². The zero-order valence-electron chi connectivity index (χ0n) is 15.8. The summed E-state index contributed by atoms with van der Waals surface area (Å²) in [6.45, 7) is 6.79. The lowest BCUT2D eigenvalue weighted by Gasteiger charge is -2.08. The second kappa shape index (κ2) is 8.15.